The van der Waals surface area contributed by atoms with Crippen LogP contribution in [0.4, 0.5) is 0 Å². The van der Waals surface area contributed by atoms with Gasteiger partial charge in [0.1, 0.15) is 11.9 Å². The van der Waals surface area contributed by atoms with Gasteiger partial charge < -0.3 is 14.6 Å². The standard InChI is InChI=1S/C14H18O4/c1-2-17-14(16)10-6-8-11(9-7-10)18-13-5-3-4-12(13)15/h6-9,12-13,15H,2-5H2,1H3. The molecule has 4 heteroatoms. The van der Waals surface area contributed by atoms with Gasteiger partial charge in [-0.05, 0) is 50.5 Å². The highest BCUT2D eigenvalue weighted by Gasteiger charge is 2.26. The summed E-state index contributed by atoms with van der Waals surface area (Å²) < 4.78 is 10.6. The van der Waals surface area contributed by atoms with Crippen LogP contribution < -0.4 is 4.74 Å². The first-order valence-corrected chi connectivity index (χ1v) is 6.32. The zero-order chi connectivity index (χ0) is 13.0. The van der Waals surface area contributed by atoms with Gasteiger partial charge >= 0.3 is 5.97 Å². The number of ether oxygens (including phenoxy) is 2. The maximum atomic E-state index is 11.4. The number of esters is 1. The molecule has 2 unspecified atom stereocenters. The number of benzene rings is 1. The molecule has 0 amide bonds. The van der Waals surface area contributed by atoms with Crippen LogP contribution in [0.15, 0.2) is 24.3 Å². The van der Waals surface area contributed by atoms with E-state index in [1.807, 2.05) is 0 Å². The zero-order valence-corrected chi connectivity index (χ0v) is 10.5. The number of carbonyl (C=O) groups excluding carboxylic acids is 1. The summed E-state index contributed by atoms with van der Waals surface area (Å²) in [5.74, 6) is 0.346. The summed E-state index contributed by atoms with van der Waals surface area (Å²) in [5.41, 5.74) is 0.510. The Kier molecular flexibility index (Phi) is 4.20. The minimum Gasteiger partial charge on any atom is -0.488 e. The molecule has 1 aromatic rings. The number of carbonyl (C=O) groups is 1. The topological polar surface area (TPSA) is 55.8 Å². The van der Waals surface area contributed by atoms with Crippen LogP contribution in [0.3, 0.4) is 0 Å². The van der Waals surface area contributed by atoms with Gasteiger partial charge in [0, 0.05) is 0 Å². The van der Waals surface area contributed by atoms with Crippen LogP contribution in [0.1, 0.15) is 36.5 Å². The summed E-state index contributed by atoms with van der Waals surface area (Å²) in [6.45, 7) is 2.14. The molecule has 0 radical (unpaired) electrons. The van der Waals surface area contributed by atoms with E-state index >= 15 is 0 Å². The summed E-state index contributed by atoms with van der Waals surface area (Å²) in [6.07, 6.45) is 2.16. The largest absolute Gasteiger partial charge is 0.488 e. The quantitative estimate of drug-likeness (QED) is 0.832. The number of aliphatic hydroxyl groups excluding tert-OH is 1. The lowest BCUT2D eigenvalue weighted by Crippen LogP contribution is -2.25. The molecule has 1 fully saturated rings. The maximum Gasteiger partial charge on any atom is 0.338 e. The fourth-order valence-electron chi connectivity index (χ4n) is 2.10. The van der Waals surface area contributed by atoms with Gasteiger partial charge in [-0.15, -0.1) is 0 Å². The zero-order valence-electron chi connectivity index (χ0n) is 10.5. The molecule has 0 spiro atoms. The maximum absolute atomic E-state index is 11.4. The molecule has 0 aromatic heterocycles. The van der Waals surface area contributed by atoms with Gasteiger partial charge in [-0.1, -0.05) is 0 Å². The van der Waals surface area contributed by atoms with E-state index < -0.39 is 0 Å². The Balaban J connectivity index is 1.97. The molecular formula is C14H18O4. The van der Waals surface area contributed by atoms with Crippen molar-refractivity contribution >= 4 is 5.97 Å². The number of aliphatic hydroxyl groups is 1. The Labute approximate surface area is 107 Å². The third kappa shape index (κ3) is 3.01. The van der Waals surface area contributed by atoms with Crippen LogP contribution in [0.2, 0.25) is 0 Å². The van der Waals surface area contributed by atoms with E-state index in [0.29, 0.717) is 17.9 Å². The fourth-order valence-corrected chi connectivity index (χ4v) is 2.10. The van der Waals surface area contributed by atoms with Gasteiger partial charge in [0.05, 0.1) is 18.3 Å². The number of hydrogen-bond acceptors (Lipinski definition) is 4. The lowest BCUT2D eigenvalue weighted by molar-refractivity contribution is 0.0524. The lowest BCUT2D eigenvalue weighted by Gasteiger charge is -2.17. The fraction of sp³-hybridized carbons (Fsp3) is 0.500. The van der Waals surface area contributed by atoms with Gasteiger partial charge in [0.15, 0.2) is 0 Å². The van der Waals surface area contributed by atoms with Crippen LogP contribution in [0.5, 0.6) is 5.75 Å². The monoisotopic (exact) mass is 250 g/mol. The molecule has 1 aliphatic rings. The third-order valence-corrected chi connectivity index (χ3v) is 3.07. The second-order valence-electron chi connectivity index (χ2n) is 4.40. The number of rotatable bonds is 4. The van der Waals surface area contributed by atoms with E-state index in [1.54, 1.807) is 31.2 Å². The molecule has 18 heavy (non-hydrogen) atoms. The van der Waals surface area contributed by atoms with Gasteiger partial charge in [-0.25, -0.2) is 4.79 Å². The van der Waals surface area contributed by atoms with E-state index in [2.05, 4.69) is 0 Å². The summed E-state index contributed by atoms with van der Waals surface area (Å²) in [7, 11) is 0. The molecule has 1 saturated carbocycles. The third-order valence-electron chi connectivity index (χ3n) is 3.07. The number of hydrogen-bond donors (Lipinski definition) is 1. The summed E-state index contributed by atoms with van der Waals surface area (Å²) in [4.78, 5) is 11.4. The van der Waals surface area contributed by atoms with Gasteiger partial charge in [-0.3, -0.25) is 0 Å². The van der Waals surface area contributed by atoms with E-state index in [-0.39, 0.29) is 18.2 Å². The average molecular weight is 250 g/mol. The Morgan fingerprint density at radius 2 is 2.06 bits per heavy atom. The smallest absolute Gasteiger partial charge is 0.338 e. The molecule has 2 rings (SSSR count). The first-order valence-electron chi connectivity index (χ1n) is 6.32. The Hall–Kier alpha value is -1.55. The Morgan fingerprint density at radius 3 is 2.61 bits per heavy atom. The van der Waals surface area contributed by atoms with Crippen molar-refractivity contribution in [3.63, 3.8) is 0 Å². The minimum absolute atomic E-state index is 0.126. The molecular weight excluding hydrogens is 232 g/mol. The van der Waals surface area contributed by atoms with Crippen LogP contribution in [0, 0.1) is 0 Å². The minimum atomic E-state index is -0.380. The predicted molar refractivity (Wildman–Crippen MR) is 66.7 cm³/mol. The van der Waals surface area contributed by atoms with Crippen LogP contribution in [-0.2, 0) is 4.74 Å². The van der Waals surface area contributed by atoms with E-state index in [9.17, 15) is 9.90 Å². The van der Waals surface area contributed by atoms with Crippen LogP contribution in [0.25, 0.3) is 0 Å². The van der Waals surface area contributed by atoms with Crippen molar-refractivity contribution in [2.24, 2.45) is 0 Å². The Bertz CT molecular complexity index is 399. The molecule has 0 heterocycles. The van der Waals surface area contributed by atoms with Gasteiger partial charge in [0.25, 0.3) is 0 Å². The molecule has 0 saturated heterocycles. The molecule has 0 aliphatic heterocycles. The summed E-state index contributed by atoms with van der Waals surface area (Å²) >= 11 is 0. The molecule has 2 atom stereocenters. The highest BCUT2D eigenvalue weighted by Crippen LogP contribution is 2.24. The van der Waals surface area contributed by atoms with Crippen molar-refractivity contribution in [2.45, 2.75) is 38.4 Å². The second-order valence-corrected chi connectivity index (χ2v) is 4.40. The van der Waals surface area contributed by atoms with Crippen LogP contribution >= 0.6 is 0 Å². The van der Waals surface area contributed by atoms with Crippen molar-refractivity contribution in [1.29, 1.82) is 0 Å². The van der Waals surface area contributed by atoms with Crippen LogP contribution in [-0.4, -0.2) is 29.9 Å². The van der Waals surface area contributed by atoms with Crippen molar-refractivity contribution in [1.82, 2.24) is 0 Å². The molecule has 4 nitrogen and oxygen atoms in total. The van der Waals surface area contributed by atoms with E-state index in [4.69, 9.17) is 9.47 Å². The van der Waals surface area contributed by atoms with Crippen molar-refractivity contribution in [3.8, 4) is 5.75 Å². The highest BCUT2D eigenvalue weighted by atomic mass is 16.5. The van der Waals surface area contributed by atoms with E-state index in [1.165, 1.54) is 0 Å². The first kappa shape index (κ1) is 12.9. The van der Waals surface area contributed by atoms with Gasteiger partial charge in [0.2, 0.25) is 0 Å². The molecule has 1 aliphatic carbocycles. The average Bonchev–Trinajstić information content (AvgIpc) is 2.76. The van der Waals surface area contributed by atoms with Crippen molar-refractivity contribution < 1.29 is 19.4 Å². The first-order chi connectivity index (χ1) is 8.70. The van der Waals surface area contributed by atoms with E-state index in [0.717, 1.165) is 19.3 Å². The normalized spacial score (nSPS) is 22.8. The molecule has 98 valence electrons. The SMILES string of the molecule is CCOC(=O)c1ccc(OC2CCCC2O)cc1. The summed E-state index contributed by atoms with van der Waals surface area (Å²) in [6, 6.07) is 6.82. The second kappa shape index (κ2) is 5.87. The van der Waals surface area contributed by atoms with Crippen molar-refractivity contribution in [3.05, 3.63) is 29.8 Å². The molecule has 1 N–H and O–H groups in total. The van der Waals surface area contributed by atoms with Crippen molar-refractivity contribution in [2.75, 3.05) is 6.61 Å². The summed E-state index contributed by atoms with van der Waals surface area (Å²) in [5, 5.41) is 9.66. The molecule has 0 bridgehead atoms. The predicted octanol–water partition coefficient (Wildman–Crippen LogP) is 2.16. The molecule has 1 aromatic carbocycles. The highest BCUT2D eigenvalue weighted by molar-refractivity contribution is 5.89. The Morgan fingerprint density at radius 1 is 1.33 bits per heavy atom. The van der Waals surface area contributed by atoms with Gasteiger partial charge in [-0.2, -0.15) is 0 Å². The lowest BCUT2D eigenvalue weighted by atomic mass is 10.2.